The summed E-state index contributed by atoms with van der Waals surface area (Å²) in [6.07, 6.45) is 6.42. The SMILES string of the molecule is CC1(C)CC1C(=O)N/C(=C\CCCCCC(N)=NCc1ccccc1)C(=O)O. The molecule has 1 atom stereocenters. The van der Waals surface area contributed by atoms with Gasteiger partial charge in [-0.25, -0.2) is 4.79 Å². The van der Waals surface area contributed by atoms with Crippen LogP contribution in [0.5, 0.6) is 0 Å². The average Bonchev–Trinajstić information content (AvgIpc) is 3.30. The molecule has 152 valence electrons. The van der Waals surface area contributed by atoms with Gasteiger partial charge in [0.15, 0.2) is 0 Å². The van der Waals surface area contributed by atoms with E-state index in [1.165, 1.54) is 0 Å². The topological polar surface area (TPSA) is 105 Å². The van der Waals surface area contributed by atoms with Gasteiger partial charge in [-0.1, -0.05) is 56.7 Å². The van der Waals surface area contributed by atoms with Crippen molar-refractivity contribution in [3.8, 4) is 0 Å². The summed E-state index contributed by atoms with van der Waals surface area (Å²) >= 11 is 0. The van der Waals surface area contributed by atoms with Gasteiger partial charge in [-0.05, 0) is 36.7 Å². The van der Waals surface area contributed by atoms with Crippen LogP contribution in [0.3, 0.4) is 0 Å². The highest BCUT2D eigenvalue weighted by molar-refractivity contribution is 5.94. The van der Waals surface area contributed by atoms with Crippen molar-refractivity contribution in [2.75, 3.05) is 0 Å². The molecule has 0 bridgehead atoms. The van der Waals surface area contributed by atoms with Gasteiger partial charge in [-0.15, -0.1) is 0 Å². The van der Waals surface area contributed by atoms with Gasteiger partial charge in [-0.2, -0.15) is 0 Å². The number of nitrogens with zero attached hydrogens (tertiary/aromatic N) is 1. The highest BCUT2D eigenvalue weighted by Gasteiger charge is 2.50. The zero-order chi connectivity index (χ0) is 20.6. The molecule has 1 aromatic rings. The predicted octanol–water partition coefficient (Wildman–Crippen LogP) is 3.63. The summed E-state index contributed by atoms with van der Waals surface area (Å²) in [6, 6.07) is 9.97. The van der Waals surface area contributed by atoms with Crippen LogP contribution >= 0.6 is 0 Å². The summed E-state index contributed by atoms with van der Waals surface area (Å²) in [5.41, 5.74) is 7.05. The third-order valence-corrected chi connectivity index (χ3v) is 5.11. The lowest BCUT2D eigenvalue weighted by atomic mass is 10.1. The van der Waals surface area contributed by atoms with Crippen LogP contribution in [0.25, 0.3) is 0 Å². The fraction of sp³-hybridized carbons (Fsp3) is 0.500. The maximum atomic E-state index is 12.1. The van der Waals surface area contributed by atoms with Crippen molar-refractivity contribution in [3.05, 3.63) is 47.7 Å². The standard InChI is InChI=1S/C22H31N3O3/c1-22(2)14-17(22)20(26)25-18(21(27)28)12-8-3-4-9-13-19(23)24-15-16-10-6-5-7-11-16/h5-7,10-12,17H,3-4,8-9,13-15H2,1-2H3,(H2,23,24)(H,25,26)(H,27,28)/b18-12-. The Morgan fingerprint density at radius 1 is 1.25 bits per heavy atom. The Balaban J connectivity index is 1.65. The normalized spacial score (nSPS) is 18.6. The zero-order valence-electron chi connectivity index (χ0n) is 16.8. The summed E-state index contributed by atoms with van der Waals surface area (Å²) < 4.78 is 0. The predicted molar refractivity (Wildman–Crippen MR) is 111 cm³/mol. The van der Waals surface area contributed by atoms with Crippen molar-refractivity contribution in [2.24, 2.45) is 22.1 Å². The minimum absolute atomic E-state index is 0.0170. The molecule has 1 fully saturated rings. The number of rotatable bonds is 11. The number of nitrogens with two attached hydrogens (primary N) is 1. The number of hydrogen-bond acceptors (Lipinski definition) is 3. The van der Waals surface area contributed by atoms with Crippen LogP contribution in [0.4, 0.5) is 0 Å². The number of carboxylic acid groups (broad SMARTS) is 1. The van der Waals surface area contributed by atoms with Crippen molar-refractivity contribution in [1.29, 1.82) is 0 Å². The Labute approximate surface area is 166 Å². The number of hydrogen-bond donors (Lipinski definition) is 3. The van der Waals surface area contributed by atoms with E-state index in [0.717, 1.165) is 37.7 Å². The van der Waals surface area contributed by atoms with E-state index < -0.39 is 5.97 Å². The number of carbonyl (C=O) groups is 2. The van der Waals surface area contributed by atoms with E-state index in [2.05, 4.69) is 10.3 Å². The summed E-state index contributed by atoms with van der Waals surface area (Å²) in [6.45, 7) is 4.61. The van der Waals surface area contributed by atoms with Crippen LogP contribution < -0.4 is 11.1 Å². The number of allylic oxidation sites excluding steroid dienone is 1. The van der Waals surface area contributed by atoms with Crippen LogP contribution in [0, 0.1) is 11.3 Å². The van der Waals surface area contributed by atoms with Crippen LogP contribution in [-0.2, 0) is 16.1 Å². The number of aliphatic carboxylic acids is 1. The van der Waals surface area contributed by atoms with Crippen molar-refractivity contribution < 1.29 is 14.7 Å². The first-order valence-electron chi connectivity index (χ1n) is 9.86. The van der Waals surface area contributed by atoms with E-state index in [-0.39, 0.29) is 22.9 Å². The maximum absolute atomic E-state index is 12.1. The first-order chi connectivity index (χ1) is 13.3. The quantitative estimate of drug-likeness (QED) is 0.234. The molecule has 1 saturated carbocycles. The molecule has 1 unspecified atom stereocenters. The monoisotopic (exact) mass is 385 g/mol. The molecule has 6 nitrogen and oxygen atoms in total. The Kier molecular flexibility index (Phi) is 7.79. The van der Waals surface area contributed by atoms with Crippen molar-refractivity contribution in [1.82, 2.24) is 5.32 Å². The van der Waals surface area contributed by atoms with E-state index in [1.54, 1.807) is 6.08 Å². The summed E-state index contributed by atoms with van der Waals surface area (Å²) in [4.78, 5) is 27.8. The van der Waals surface area contributed by atoms with Gasteiger partial charge in [0.05, 0.1) is 12.4 Å². The smallest absolute Gasteiger partial charge is 0.352 e. The minimum atomic E-state index is -1.09. The molecular formula is C22H31N3O3. The van der Waals surface area contributed by atoms with Gasteiger partial charge < -0.3 is 16.2 Å². The van der Waals surface area contributed by atoms with Crippen LogP contribution in [-0.4, -0.2) is 22.8 Å². The molecule has 0 saturated heterocycles. The lowest BCUT2D eigenvalue weighted by Crippen LogP contribution is -2.29. The van der Waals surface area contributed by atoms with Crippen LogP contribution in [0.2, 0.25) is 0 Å². The highest BCUT2D eigenvalue weighted by Crippen LogP contribution is 2.51. The summed E-state index contributed by atoms with van der Waals surface area (Å²) in [5, 5.41) is 11.8. The second-order valence-corrected chi connectivity index (χ2v) is 8.05. The number of amidine groups is 1. The molecule has 2 rings (SSSR count). The third kappa shape index (κ3) is 7.18. The third-order valence-electron chi connectivity index (χ3n) is 5.11. The van der Waals surface area contributed by atoms with Crippen molar-refractivity contribution >= 4 is 17.7 Å². The lowest BCUT2D eigenvalue weighted by Gasteiger charge is -2.07. The van der Waals surface area contributed by atoms with Crippen molar-refractivity contribution in [3.63, 3.8) is 0 Å². The van der Waals surface area contributed by atoms with E-state index in [1.807, 2.05) is 44.2 Å². The number of carbonyl (C=O) groups excluding carboxylic acids is 1. The number of benzene rings is 1. The Morgan fingerprint density at radius 3 is 2.54 bits per heavy atom. The molecule has 1 aromatic carbocycles. The van der Waals surface area contributed by atoms with E-state index in [9.17, 15) is 14.7 Å². The first kappa shape index (κ1) is 21.7. The van der Waals surface area contributed by atoms with Gasteiger partial charge in [0.2, 0.25) is 5.91 Å². The fourth-order valence-corrected chi connectivity index (χ4v) is 3.06. The number of aliphatic imine (C=N–C) groups is 1. The molecule has 0 heterocycles. The molecule has 28 heavy (non-hydrogen) atoms. The number of carboxylic acids is 1. The first-order valence-corrected chi connectivity index (χ1v) is 9.86. The molecule has 6 heteroatoms. The van der Waals surface area contributed by atoms with E-state index in [0.29, 0.717) is 18.8 Å². The molecule has 0 aliphatic heterocycles. The second kappa shape index (κ2) is 10.1. The molecule has 1 amide bonds. The van der Waals surface area contributed by atoms with Gasteiger partial charge >= 0.3 is 5.97 Å². The molecule has 1 aliphatic rings. The van der Waals surface area contributed by atoms with Crippen LogP contribution in [0.15, 0.2) is 47.1 Å². The highest BCUT2D eigenvalue weighted by atomic mass is 16.4. The Bertz CT molecular complexity index is 739. The Hall–Kier alpha value is -2.63. The van der Waals surface area contributed by atoms with Crippen molar-refractivity contribution in [2.45, 2.75) is 58.9 Å². The number of amides is 1. The van der Waals surface area contributed by atoms with Gasteiger partial charge in [0.25, 0.3) is 0 Å². The largest absolute Gasteiger partial charge is 0.477 e. The minimum Gasteiger partial charge on any atom is -0.477 e. The molecule has 1 aliphatic carbocycles. The molecule has 0 radical (unpaired) electrons. The summed E-state index contributed by atoms with van der Waals surface area (Å²) in [5.74, 6) is -0.733. The summed E-state index contributed by atoms with van der Waals surface area (Å²) in [7, 11) is 0. The van der Waals surface area contributed by atoms with Crippen LogP contribution in [0.1, 0.15) is 57.9 Å². The van der Waals surface area contributed by atoms with Gasteiger partial charge in [-0.3, -0.25) is 9.79 Å². The van der Waals surface area contributed by atoms with Gasteiger partial charge in [0, 0.05) is 12.3 Å². The molecular weight excluding hydrogens is 354 g/mol. The molecule has 0 aromatic heterocycles. The number of unbranched alkanes of at least 4 members (excludes halogenated alkanes) is 3. The van der Waals surface area contributed by atoms with E-state index >= 15 is 0 Å². The van der Waals surface area contributed by atoms with E-state index in [4.69, 9.17) is 5.73 Å². The lowest BCUT2D eigenvalue weighted by molar-refractivity contribution is -0.135. The van der Waals surface area contributed by atoms with Gasteiger partial charge in [0.1, 0.15) is 5.70 Å². The zero-order valence-corrected chi connectivity index (χ0v) is 16.8. The Morgan fingerprint density at radius 2 is 1.93 bits per heavy atom. The second-order valence-electron chi connectivity index (χ2n) is 8.05. The fourth-order valence-electron chi connectivity index (χ4n) is 3.06. The number of nitrogens with one attached hydrogen (secondary N) is 1. The molecule has 0 spiro atoms. The molecule has 4 N–H and O–H groups in total. The maximum Gasteiger partial charge on any atom is 0.352 e. The average molecular weight is 386 g/mol.